The first-order chi connectivity index (χ1) is 11.8. The first kappa shape index (κ1) is 18.5. The van der Waals surface area contributed by atoms with E-state index in [1.807, 2.05) is 23.9 Å². The lowest BCUT2D eigenvalue weighted by atomic mass is 10.3. The van der Waals surface area contributed by atoms with Crippen LogP contribution in [0.3, 0.4) is 0 Å². The van der Waals surface area contributed by atoms with Crippen molar-refractivity contribution in [2.24, 2.45) is 0 Å². The lowest BCUT2D eigenvalue weighted by Gasteiger charge is -2.24. The Morgan fingerprint density at radius 3 is 1.60 bits per heavy atom. The van der Waals surface area contributed by atoms with E-state index in [0.29, 0.717) is 31.1 Å². The highest BCUT2D eigenvalue weighted by Crippen LogP contribution is 2.06. The van der Waals surface area contributed by atoms with Crippen LogP contribution in [0, 0.1) is 0 Å². The van der Waals surface area contributed by atoms with Gasteiger partial charge in [-0.2, -0.15) is 0 Å². The van der Waals surface area contributed by atoms with Crippen molar-refractivity contribution in [2.75, 3.05) is 20.8 Å². The summed E-state index contributed by atoms with van der Waals surface area (Å²) < 4.78 is 0. The van der Waals surface area contributed by atoms with Gasteiger partial charge in [-0.15, -0.1) is 0 Å². The van der Waals surface area contributed by atoms with Crippen LogP contribution >= 0.6 is 0 Å². The SMILES string of the molecule is CN(Cc1cccc(C(=O)O)n1)CN(C)Cc1cccc(C(=O)O)n1. The van der Waals surface area contributed by atoms with Crippen LogP contribution < -0.4 is 0 Å². The molecule has 0 bridgehead atoms. The molecule has 2 heterocycles. The molecule has 0 aliphatic carbocycles. The van der Waals surface area contributed by atoms with Gasteiger partial charge >= 0.3 is 11.9 Å². The number of hydrogen-bond donors (Lipinski definition) is 2. The zero-order valence-corrected chi connectivity index (χ0v) is 14.1. The lowest BCUT2D eigenvalue weighted by Crippen LogP contribution is -2.32. The summed E-state index contributed by atoms with van der Waals surface area (Å²) in [7, 11) is 3.79. The molecule has 0 amide bonds. The van der Waals surface area contributed by atoms with Crippen LogP contribution in [0.15, 0.2) is 36.4 Å². The Balaban J connectivity index is 1.92. The Morgan fingerprint density at radius 2 is 1.24 bits per heavy atom. The predicted molar refractivity (Wildman–Crippen MR) is 90.2 cm³/mol. The predicted octanol–water partition coefficient (Wildman–Crippen LogP) is 1.39. The van der Waals surface area contributed by atoms with E-state index in [9.17, 15) is 9.59 Å². The molecule has 2 aromatic rings. The van der Waals surface area contributed by atoms with Crippen LogP contribution in [0.1, 0.15) is 32.4 Å². The zero-order chi connectivity index (χ0) is 18.4. The van der Waals surface area contributed by atoms with Crippen molar-refractivity contribution in [1.82, 2.24) is 19.8 Å². The Hall–Kier alpha value is -2.84. The second-order valence-electron chi connectivity index (χ2n) is 5.81. The molecule has 132 valence electrons. The number of nitrogens with zero attached hydrogens (tertiary/aromatic N) is 4. The van der Waals surface area contributed by atoms with Crippen molar-refractivity contribution in [1.29, 1.82) is 0 Å². The molecule has 2 rings (SSSR count). The molecule has 0 spiro atoms. The maximum absolute atomic E-state index is 11.0. The van der Waals surface area contributed by atoms with Crippen molar-refractivity contribution in [3.63, 3.8) is 0 Å². The number of hydrogen-bond acceptors (Lipinski definition) is 6. The van der Waals surface area contributed by atoms with Gasteiger partial charge in [0.2, 0.25) is 0 Å². The number of aromatic nitrogens is 2. The topological polar surface area (TPSA) is 107 Å². The quantitative estimate of drug-likeness (QED) is 0.692. The summed E-state index contributed by atoms with van der Waals surface area (Å²) in [5.41, 5.74) is 1.38. The Bertz CT molecular complexity index is 702. The smallest absolute Gasteiger partial charge is 0.354 e. The second kappa shape index (κ2) is 8.32. The summed E-state index contributed by atoms with van der Waals surface area (Å²) in [6, 6.07) is 9.81. The van der Waals surface area contributed by atoms with Crippen molar-refractivity contribution in [3.8, 4) is 0 Å². The van der Waals surface area contributed by atoms with Crippen molar-refractivity contribution in [2.45, 2.75) is 13.1 Å². The molecular weight excluding hydrogens is 324 g/mol. The summed E-state index contributed by atoms with van der Waals surface area (Å²) >= 11 is 0. The molecule has 2 aromatic heterocycles. The van der Waals surface area contributed by atoms with Gasteiger partial charge in [0, 0.05) is 13.1 Å². The number of carboxylic acid groups (broad SMARTS) is 2. The van der Waals surface area contributed by atoms with Gasteiger partial charge in [-0.1, -0.05) is 12.1 Å². The minimum atomic E-state index is -1.05. The van der Waals surface area contributed by atoms with Crippen molar-refractivity contribution < 1.29 is 19.8 Å². The second-order valence-corrected chi connectivity index (χ2v) is 5.81. The molecule has 0 saturated heterocycles. The molecule has 0 aliphatic rings. The number of carboxylic acids is 2. The fraction of sp³-hybridized carbons (Fsp3) is 0.294. The van der Waals surface area contributed by atoms with Gasteiger partial charge in [0.25, 0.3) is 0 Å². The summed E-state index contributed by atoms with van der Waals surface area (Å²) in [5.74, 6) is -2.10. The summed E-state index contributed by atoms with van der Waals surface area (Å²) in [5, 5.41) is 18.0. The van der Waals surface area contributed by atoms with Crippen LogP contribution in [0.5, 0.6) is 0 Å². The van der Waals surface area contributed by atoms with Crippen molar-refractivity contribution in [3.05, 3.63) is 59.2 Å². The van der Waals surface area contributed by atoms with Gasteiger partial charge in [-0.25, -0.2) is 19.6 Å². The van der Waals surface area contributed by atoms with E-state index in [4.69, 9.17) is 10.2 Å². The molecular formula is C17H20N4O4. The van der Waals surface area contributed by atoms with Gasteiger partial charge in [0.15, 0.2) is 0 Å². The molecule has 25 heavy (non-hydrogen) atoms. The molecule has 2 N–H and O–H groups in total. The fourth-order valence-electron chi connectivity index (χ4n) is 2.44. The molecule has 0 unspecified atom stereocenters. The molecule has 8 heteroatoms. The largest absolute Gasteiger partial charge is 0.477 e. The summed E-state index contributed by atoms with van der Waals surface area (Å²) in [4.78, 5) is 34.1. The summed E-state index contributed by atoms with van der Waals surface area (Å²) in [6.45, 7) is 1.57. The van der Waals surface area contributed by atoms with Gasteiger partial charge in [0.05, 0.1) is 18.1 Å². The third kappa shape index (κ3) is 5.63. The van der Waals surface area contributed by atoms with E-state index in [1.165, 1.54) is 12.1 Å². The lowest BCUT2D eigenvalue weighted by molar-refractivity contribution is 0.0679. The first-order valence-corrected chi connectivity index (χ1v) is 7.60. The van der Waals surface area contributed by atoms with Gasteiger partial charge in [0.1, 0.15) is 11.4 Å². The summed E-state index contributed by atoms with van der Waals surface area (Å²) in [6.07, 6.45) is 0. The molecule has 0 aliphatic heterocycles. The van der Waals surface area contributed by atoms with E-state index in [2.05, 4.69) is 9.97 Å². The van der Waals surface area contributed by atoms with E-state index < -0.39 is 11.9 Å². The average Bonchev–Trinajstić information content (AvgIpc) is 2.54. The third-order valence-corrected chi connectivity index (χ3v) is 3.40. The standard InChI is InChI=1S/C17H20N4O4/c1-20(9-12-5-3-7-14(18-12)16(22)23)11-21(2)10-13-6-4-8-15(19-13)17(24)25/h3-8H,9-11H2,1-2H3,(H,22,23)(H,24,25). The monoisotopic (exact) mass is 344 g/mol. The molecule has 8 nitrogen and oxygen atoms in total. The van der Waals surface area contributed by atoms with Crippen LogP contribution in [-0.4, -0.2) is 62.7 Å². The molecule has 0 saturated carbocycles. The minimum absolute atomic E-state index is 0.0222. The maximum atomic E-state index is 11.0. The van der Waals surface area contributed by atoms with Crippen LogP contribution in [0.4, 0.5) is 0 Å². The minimum Gasteiger partial charge on any atom is -0.477 e. The molecule has 0 aromatic carbocycles. The van der Waals surface area contributed by atoms with Crippen LogP contribution in [-0.2, 0) is 13.1 Å². The van der Waals surface area contributed by atoms with Gasteiger partial charge in [-0.3, -0.25) is 9.80 Å². The molecule has 0 radical (unpaired) electrons. The van der Waals surface area contributed by atoms with E-state index in [-0.39, 0.29) is 11.4 Å². The maximum Gasteiger partial charge on any atom is 0.354 e. The normalized spacial score (nSPS) is 11.0. The number of pyridine rings is 2. The van der Waals surface area contributed by atoms with Crippen LogP contribution in [0.25, 0.3) is 0 Å². The Morgan fingerprint density at radius 1 is 0.840 bits per heavy atom. The van der Waals surface area contributed by atoms with E-state index >= 15 is 0 Å². The highest BCUT2D eigenvalue weighted by atomic mass is 16.4. The number of aromatic carboxylic acids is 2. The van der Waals surface area contributed by atoms with E-state index in [0.717, 1.165) is 0 Å². The number of rotatable bonds is 8. The average molecular weight is 344 g/mol. The molecule has 0 fully saturated rings. The fourth-order valence-corrected chi connectivity index (χ4v) is 2.44. The Labute approximate surface area is 145 Å². The number of carbonyl (C=O) groups is 2. The van der Waals surface area contributed by atoms with Gasteiger partial charge in [-0.05, 0) is 38.4 Å². The third-order valence-electron chi connectivity index (χ3n) is 3.40. The highest BCUT2D eigenvalue weighted by molar-refractivity contribution is 5.85. The molecule has 0 atom stereocenters. The highest BCUT2D eigenvalue weighted by Gasteiger charge is 2.11. The van der Waals surface area contributed by atoms with Crippen molar-refractivity contribution >= 4 is 11.9 Å². The first-order valence-electron chi connectivity index (χ1n) is 7.60. The van der Waals surface area contributed by atoms with Gasteiger partial charge < -0.3 is 10.2 Å². The Kier molecular flexibility index (Phi) is 6.15. The van der Waals surface area contributed by atoms with E-state index in [1.54, 1.807) is 24.3 Å². The van der Waals surface area contributed by atoms with Crippen LogP contribution in [0.2, 0.25) is 0 Å². The zero-order valence-electron chi connectivity index (χ0n) is 14.1.